The molecule has 1 unspecified atom stereocenters. The molecule has 1 saturated heterocycles. The average molecular weight is 185 g/mol. The number of alkyl halides is 1. The lowest BCUT2D eigenvalue weighted by Crippen LogP contribution is -2.44. The minimum absolute atomic E-state index is 0.416. The normalized spacial score (nSPS) is 35.0. The molecule has 0 spiro atoms. The quantitative estimate of drug-likeness (QED) is 0.672. The van der Waals surface area contributed by atoms with Crippen molar-refractivity contribution >= 4 is 0 Å². The van der Waals surface area contributed by atoms with E-state index in [4.69, 9.17) is 4.74 Å². The summed E-state index contributed by atoms with van der Waals surface area (Å²) in [7, 11) is 0. The molecule has 1 fully saturated rings. The van der Waals surface area contributed by atoms with E-state index >= 15 is 0 Å². The smallest absolute Gasteiger partial charge is 0.179 e. The Kier molecular flexibility index (Phi) is 2.54. The third kappa shape index (κ3) is 1.85. The highest BCUT2D eigenvalue weighted by atomic mass is 19.1. The summed E-state index contributed by atoms with van der Waals surface area (Å²) in [5.41, 5.74) is -1.22. The van der Waals surface area contributed by atoms with Crippen LogP contribution in [0.1, 0.15) is 25.7 Å². The molecule has 2 aliphatic heterocycles. The van der Waals surface area contributed by atoms with E-state index in [2.05, 4.69) is 5.32 Å². The van der Waals surface area contributed by atoms with Crippen molar-refractivity contribution in [3.63, 3.8) is 0 Å². The van der Waals surface area contributed by atoms with Gasteiger partial charge in [0.25, 0.3) is 0 Å². The predicted octanol–water partition coefficient (Wildman–Crippen LogP) is 1.77. The van der Waals surface area contributed by atoms with Gasteiger partial charge in [-0.25, -0.2) is 4.39 Å². The Morgan fingerprint density at radius 3 is 3.00 bits per heavy atom. The third-order valence-corrected chi connectivity index (χ3v) is 2.71. The van der Waals surface area contributed by atoms with Crippen LogP contribution in [0.2, 0.25) is 0 Å². The van der Waals surface area contributed by atoms with Crippen LogP contribution in [0.4, 0.5) is 4.39 Å². The van der Waals surface area contributed by atoms with Gasteiger partial charge in [0.15, 0.2) is 5.67 Å². The summed E-state index contributed by atoms with van der Waals surface area (Å²) in [4.78, 5) is 0. The van der Waals surface area contributed by atoms with Crippen molar-refractivity contribution < 1.29 is 9.13 Å². The predicted molar refractivity (Wildman–Crippen MR) is 49.2 cm³/mol. The number of piperidine rings is 1. The van der Waals surface area contributed by atoms with Gasteiger partial charge < -0.3 is 10.1 Å². The van der Waals surface area contributed by atoms with Crippen LogP contribution in [0.25, 0.3) is 0 Å². The average Bonchev–Trinajstić information content (AvgIpc) is 2.20. The second-order valence-corrected chi connectivity index (χ2v) is 3.80. The lowest BCUT2D eigenvalue weighted by Gasteiger charge is -2.33. The van der Waals surface area contributed by atoms with Crippen molar-refractivity contribution in [2.24, 2.45) is 0 Å². The number of allylic oxidation sites excluding steroid dienone is 1. The molecule has 0 amide bonds. The van der Waals surface area contributed by atoms with Crippen molar-refractivity contribution in [2.75, 3.05) is 19.7 Å². The van der Waals surface area contributed by atoms with Gasteiger partial charge in [0.1, 0.15) is 5.76 Å². The van der Waals surface area contributed by atoms with Gasteiger partial charge in [0.05, 0.1) is 6.61 Å². The molecule has 0 saturated carbocycles. The second-order valence-electron chi connectivity index (χ2n) is 3.80. The summed E-state index contributed by atoms with van der Waals surface area (Å²) >= 11 is 0. The van der Waals surface area contributed by atoms with Crippen LogP contribution in [0, 0.1) is 0 Å². The fraction of sp³-hybridized carbons (Fsp3) is 0.800. The lowest BCUT2D eigenvalue weighted by atomic mass is 9.92. The van der Waals surface area contributed by atoms with E-state index < -0.39 is 5.67 Å². The summed E-state index contributed by atoms with van der Waals surface area (Å²) in [5.74, 6) is 0.575. The third-order valence-electron chi connectivity index (χ3n) is 2.71. The van der Waals surface area contributed by atoms with Gasteiger partial charge in [-0.15, -0.1) is 0 Å². The molecule has 3 heteroatoms. The molecular weight excluding hydrogens is 169 g/mol. The largest absolute Gasteiger partial charge is 0.495 e. The minimum atomic E-state index is -1.22. The topological polar surface area (TPSA) is 21.3 Å². The molecule has 0 aliphatic carbocycles. The van der Waals surface area contributed by atoms with Gasteiger partial charge in [-0.2, -0.15) is 0 Å². The van der Waals surface area contributed by atoms with E-state index in [0.717, 1.165) is 25.8 Å². The molecule has 0 aromatic heterocycles. The van der Waals surface area contributed by atoms with E-state index in [0.29, 0.717) is 25.3 Å². The highest BCUT2D eigenvalue weighted by Crippen LogP contribution is 2.32. The maximum atomic E-state index is 14.2. The Labute approximate surface area is 78.2 Å². The zero-order chi connectivity index (χ0) is 9.15. The standard InChI is InChI=1S/C10H16FNO/c11-10(5-3-6-12-8-10)9-4-1-2-7-13-9/h4,12H,1-3,5-8H2. The van der Waals surface area contributed by atoms with E-state index in [1.54, 1.807) is 0 Å². The van der Waals surface area contributed by atoms with Gasteiger partial charge >= 0.3 is 0 Å². The minimum Gasteiger partial charge on any atom is -0.495 e. The highest BCUT2D eigenvalue weighted by molar-refractivity contribution is 5.14. The fourth-order valence-electron chi connectivity index (χ4n) is 1.95. The lowest BCUT2D eigenvalue weighted by molar-refractivity contribution is 0.0565. The number of nitrogens with one attached hydrogen (secondary N) is 1. The van der Waals surface area contributed by atoms with Gasteiger partial charge in [-0.1, -0.05) is 0 Å². The van der Waals surface area contributed by atoms with Crippen molar-refractivity contribution in [1.82, 2.24) is 5.32 Å². The Balaban J connectivity index is 2.07. The van der Waals surface area contributed by atoms with Crippen LogP contribution in [-0.2, 0) is 4.74 Å². The molecule has 2 rings (SSSR count). The maximum absolute atomic E-state index is 14.2. The molecule has 1 atom stereocenters. The number of rotatable bonds is 1. The Bertz CT molecular complexity index is 209. The summed E-state index contributed by atoms with van der Waals surface area (Å²) in [6, 6.07) is 0. The molecule has 74 valence electrons. The van der Waals surface area contributed by atoms with Gasteiger partial charge in [0.2, 0.25) is 0 Å². The van der Waals surface area contributed by atoms with Crippen LogP contribution in [0.15, 0.2) is 11.8 Å². The van der Waals surface area contributed by atoms with Crippen molar-refractivity contribution in [3.8, 4) is 0 Å². The molecule has 1 N–H and O–H groups in total. The summed E-state index contributed by atoms with van der Waals surface area (Å²) in [6.07, 6.45) is 5.40. The Hall–Kier alpha value is -0.570. The molecule has 0 aromatic rings. The van der Waals surface area contributed by atoms with Crippen LogP contribution < -0.4 is 5.32 Å². The summed E-state index contributed by atoms with van der Waals surface area (Å²) in [6.45, 7) is 2.02. The highest BCUT2D eigenvalue weighted by Gasteiger charge is 2.37. The molecule has 2 nitrogen and oxygen atoms in total. The number of halogens is 1. The number of ether oxygens (including phenoxy) is 1. The van der Waals surface area contributed by atoms with Crippen molar-refractivity contribution in [1.29, 1.82) is 0 Å². The van der Waals surface area contributed by atoms with E-state index in [-0.39, 0.29) is 0 Å². The molecule has 13 heavy (non-hydrogen) atoms. The first-order chi connectivity index (χ1) is 6.31. The molecule has 0 bridgehead atoms. The zero-order valence-corrected chi connectivity index (χ0v) is 7.81. The maximum Gasteiger partial charge on any atom is 0.179 e. The summed E-state index contributed by atoms with van der Waals surface area (Å²) < 4.78 is 19.6. The molecule has 2 aliphatic rings. The Morgan fingerprint density at radius 2 is 2.38 bits per heavy atom. The first kappa shape index (κ1) is 9.00. The van der Waals surface area contributed by atoms with Gasteiger partial charge in [0, 0.05) is 6.54 Å². The number of hydrogen-bond acceptors (Lipinski definition) is 2. The van der Waals surface area contributed by atoms with Gasteiger partial charge in [-0.3, -0.25) is 0 Å². The monoisotopic (exact) mass is 185 g/mol. The first-order valence-electron chi connectivity index (χ1n) is 5.04. The second kappa shape index (κ2) is 3.66. The van der Waals surface area contributed by atoms with Crippen LogP contribution >= 0.6 is 0 Å². The first-order valence-corrected chi connectivity index (χ1v) is 5.04. The van der Waals surface area contributed by atoms with E-state index in [1.165, 1.54) is 0 Å². The van der Waals surface area contributed by atoms with E-state index in [1.807, 2.05) is 6.08 Å². The van der Waals surface area contributed by atoms with E-state index in [9.17, 15) is 4.39 Å². The van der Waals surface area contributed by atoms with Crippen LogP contribution in [0.3, 0.4) is 0 Å². The number of hydrogen-bond donors (Lipinski definition) is 1. The summed E-state index contributed by atoms with van der Waals surface area (Å²) in [5, 5.41) is 3.08. The molecule has 0 aromatic carbocycles. The van der Waals surface area contributed by atoms with Crippen LogP contribution in [-0.4, -0.2) is 25.4 Å². The van der Waals surface area contributed by atoms with Crippen molar-refractivity contribution in [3.05, 3.63) is 11.8 Å². The van der Waals surface area contributed by atoms with Crippen molar-refractivity contribution in [2.45, 2.75) is 31.4 Å². The molecule has 0 radical (unpaired) electrons. The fourth-order valence-corrected chi connectivity index (χ4v) is 1.95. The molecular formula is C10H16FNO. The SMILES string of the molecule is FC1(C2=CCCCO2)CCCNC1. The zero-order valence-electron chi connectivity index (χ0n) is 7.81. The van der Waals surface area contributed by atoms with Crippen LogP contribution in [0.5, 0.6) is 0 Å². The van der Waals surface area contributed by atoms with Gasteiger partial charge in [-0.05, 0) is 38.3 Å². The molecule has 2 heterocycles. The Morgan fingerprint density at radius 1 is 1.46 bits per heavy atom.